The van der Waals surface area contributed by atoms with Crippen molar-refractivity contribution in [2.24, 2.45) is 0 Å². The fourth-order valence-electron chi connectivity index (χ4n) is 1.98. The van der Waals surface area contributed by atoms with Gasteiger partial charge in [-0.15, -0.1) is 0 Å². The van der Waals surface area contributed by atoms with Crippen LogP contribution in [0.2, 0.25) is 5.02 Å². The molecule has 0 bridgehead atoms. The average molecular weight is 274 g/mol. The van der Waals surface area contributed by atoms with Crippen molar-refractivity contribution < 1.29 is 19.0 Å². The Kier molecular flexibility index (Phi) is 3.85. The number of halogens is 2. The van der Waals surface area contributed by atoms with Crippen molar-refractivity contribution in [3.63, 3.8) is 0 Å². The average Bonchev–Trinajstić information content (AvgIpc) is 2.32. The quantitative estimate of drug-likeness (QED) is 0.865. The smallest absolute Gasteiger partial charge is 0.323 e. The minimum Gasteiger partial charge on any atom is -0.480 e. The molecule has 0 amide bonds. The fourth-order valence-corrected chi connectivity index (χ4v) is 2.17. The highest BCUT2D eigenvalue weighted by atomic mass is 35.5. The van der Waals surface area contributed by atoms with Crippen LogP contribution in [0.4, 0.5) is 4.39 Å². The topological polar surface area (TPSA) is 58.6 Å². The second-order valence-electron chi connectivity index (χ2n) is 4.23. The lowest BCUT2D eigenvalue weighted by Crippen LogP contribution is -2.52. The zero-order valence-corrected chi connectivity index (χ0v) is 10.4. The summed E-state index contributed by atoms with van der Waals surface area (Å²) in [6, 6.07) is 3.63. The zero-order valence-electron chi connectivity index (χ0n) is 9.69. The van der Waals surface area contributed by atoms with E-state index < -0.39 is 23.9 Å². The summed E-state index contributed by atoms with van der Waals surface area (Å²) in [5.74, 6) is -1.43. The van der Waals surface area contributed by atoms with Crippen LogP contribution in [-0.4, -0.2) is 29.8 Å². The number of aliphatic carboxylic acids is 1. The molecule has 98 valence electrons. The summed E-state index contributed by atoms with van der Waals surface area (Å²) >= 11 is 5.70. The molecule has 1 aliphatic heterocycles. The molecule has 4 nitrogen and oxygen atoms in total. The molecular formula is C12H13ClFNO3. The van der Waals surface area contributed by atoms with Gasteiger partial charge in [-0.05, 0) is 24.6 Å². The molecule has 3 unspecified atom stereocenters. The van der Waals surface area contributed by atoms with Crippen LogP contribution in [0.3, 0.4) is 0 Å². The zero-order chi connectivity index (χ0) is 13.3. The van der Waals surface area contributed by atoms with Crippen molar-refractivity contribution in [2.45, 2.75) is 25.2 Å². The molecule has 0 radical (unpaired) electrons. The Morgan fingerprint density at radius 2 is 2.33 bits per heavy atom. The second kappa shape index (κ2) is 5.22. The Morgan fingerprint density at radius 1 is 1.61 bits per heavy atom. The predicted octanol–water partition coefficient (Wildman–Crippen LogP) is 1.98. The molecule has 2 rings (SSSR count). The first-order valence-electron chi connectivity index (χ1n) is 5.55. The van der Waals surface area contributed by atoms with Gasteiger partial charge in [0.15, 0.2) is 0 Å². The molecule has 1 fully saturated rings. The van der Waals surface area contributed by atoms with Gasteiger partial charge >= 0.3 is 5.97 Å². The van der Waals surface area contributed by atoms with Gasteiger partial charge in [0, 0.05) is 6.54 Å². The SMILES string of the molecule is CC1OC(c2ccc(F)c(Cl)c2)CNC1C(=O)O. The Hall–Kier alpha value is -1.17. The lowest BCUT2D eigenvalue weighted by Gasteiger charge is -2.33. The van der Waals surface area contributed by atoms with E-state index in [4.69, 9.17) is 21.4 Å². The van der Waals surface area contributed by atoms with Gasteiger partial charge in [0.05, 0.1) is 17.2 Å². The van der Waals surface area contributed by atoms with E-state index in [-0.39, 0.29) is 11.1 Å². The van der Waals surface area contributed by atoms with E-state index in [0.717, 1.165) is 5.56 Å². The summed E-state index contributed by atoms with van der Waals surface area (Å²) in [4.78, 5) is 10.9. The van der Waals surface area contributed by atoms with Crippen LogP contribution in [0.5, 0.6) is 0 Å². The molecular weight excluding hydrogens is 261 g/mol. The van der Waals surface area contributed by atoms with Crippen molar-refractivity contribution in [3.8, 4) is 0 Å². The van der Waals surface area contributed by atoms with Crippen molar-refractivity contribution in [2.75, 3.05) is 6.54 Å². The molecule has 1 aliphatic rings. The van der Waals surface area contributed by atoms with E-state index in [1.54, 1.807) is 13.0 Å². The molecule has 2 N–H and O–H groups in total. The van der Waals surface area contributed by atoms with Gasteiger partial charge in [0.2, 0.25) is 0 Å². The minimum absolute atomic E-state index is 0.0316. The largest absolute Gasteiger partial charge is 0.480 e. The summed E-state index contributed by atoms with van der Waals surface area (Å²) in [5.41, 5.74) is 0.726. The first kappa shape index (κ1) is 13.3. The number of carboxylic acid groups (broad SMARTS) is 1. The number of carboxylic acids is 1. The standard InChI is InChI=1S/C12H13ClFNO3/c1-6-11(12(16)17)15-5-10(18-6)7-2-3-9(14)8(13)4-7/h2-4,6,10-11,15H,5H2,1H3,(H,16,17). The number of hydrogen-bond donors (Lipinski definition) is 2. The maximum absolute atomic E-state index is 13.0. The van der Waals surface area contributed by atoms with Crippen LogP contribution in [0.15, 0.2) is 18.2 Å². The highest BCUT2D eigenvalue weighted by Gasteiger charge is 2.33. The van der Waals surface area contributed by atoms with Crippen LogP contribution in [0.1, 0.15) is 18.6 Å². The van der Waals surface area contributed by atoms with Gasteiger partial charge < -0.3 is 9.84 Å². The summed E-state index contributed by atoms with van der Waals surface area (Å²) in [7, 11) is 0. The molecule has 0 spiro atoms. The van der Waals surface area contributed by atoms with Crippen LogP contribution >= 0.6 is 11.6 Å². The molecule has 1 saturated heterocycles. The molecule has 1 aromatic rings. The lowest BCUT2D eigenvalue weighted by molar-refractivity contribution is -0.149. The Balaban J connectivity index is 2.12. The van der Waals surface area contributed by atoms with E-state index in [9.17, 15) is 9.18 Å². The molecule has 0 aromatic heterocycles. The summed E-state index contributed by atoms with van der Waals surface area (Å²) in [6.45, 7) is 2.03. The van der Waals surface area contributed by atoms with E-state index in [2.05, 4.69) is 5.32 Å². The Morgan fingerprint density at radius 3 is 2.89 bits per heavy atom. The number of morpholine rings is 1. The van der Waals surface area contributed by atoms with Crippen LogP contribution in [0.25, 0.3) is 0 Å². The third-order valence-electron chi connectivity index (χ3n) is 2.95. The summed E-state index contributed by atoms with van der Waals surface area (Å²) in [6.07, 6.45) is -0.793. The van der Waals surface area contributed by atoms with Gasteiger partial charge in [0.25, 0.3) is 0 Å². The Bertz CT molecular complexity index is 469. The maximum atomic E-state index is 13.0. The van der Waals surface area contributed by atoms with Crippen LogP contribution in [0, 0.1) is 5.82 Å². The molecule has 0 aliphatic carbocycles. The minimum atomic E-state index is -0.946. The summed E-state index contributed by atoms with van der Waals surface area (Å²) < 4.78 is 18.7. The maximum Gasteiger partial charge on any atom is 0.323 e. The van der Waals surface area contributed by atoms with E-state index in [1.807, 2.05) is 0 Å². The third kappa shape index (κ3) is 2.63. The summed E-state index contributed by atoms with van der Waals surface area (Å²) in [5, 5.41) is 11.9. The monoisotopic (exact) mass is 273 g/mol. The highest BCUT2D eigenvalue weighted by molar-refractivity contribution is 6.30. The lowest BCUT2D eigenvalue weighted by atomic mass is 10.0. The van der Waals surface area contributed by atoms with Gasteiger partial charge in [0.1, 0.15) is 11.9 Å². The van der Waals surface area contributed by atoms with Gasteiger partial charge in [-0.3, -0.25) is 10.1 Å². The van der Waals surface area contributed by atoms with Crippen molar-refractivity contribution >= 4 is 17.6 Å². The molecule has 6 heteroatoms. The number of ether oxygens (including phenoxy) is 1. The molecule has 18 heavy (non-hydrogen) atoms. The highest BCUT2D eigenvalue weighted by Crippen LogP contribution is 2.26. The number of rotatable bonds is 2. The van der Waals surface area contributed by atoms with Gasteiger partial charge in [-0.25, -0.2) is 4.39 Å². The van der Waals surface area contributed by atoms with Crippen LogP contribution in [-0.2, 0) is 9.53 Å². The molecule has 3 atom stereocenters. The van der Waals surface area contributed by atoms with Crippen LogP contribution < -0.4 is 5.32 Å². The van der Waals surface area contributed by atoms with E-state index in [1.165, 1.54) is 12.1 Å². The normalized spacial score (nSPS) is 28.1. The number of benzene rings is 1. The molecule has 1 aromatic carbocycles. The Labute approximate surface area is 109 Å². The third-order valence-corrected chi connectivity index (χ3v) is 3.24. The first-order valence-corrected chi connectivity index (χ1v) is 5.93. The van der Waals surface area contributed by atoms with Crippen molar-refractivity contribution in [1.82, 2.24) is 5.32 Å². The van der Waals surface area contributed by atoms with E-state index in [0.29, 0.717) is 6.54 Å². The number of nitrogens with one attached hydrogen (secondary N) is 1. The van der Waals surface area contributed by atoms with Crippen molar-refractivity contribution in [1.29, 1.82) is 0 Å². The number of hydrogen-bond acceptors (Lipinski definition) is 3. The van der Waals surface area contributed by atoms with Gasteiger partial charge in [-0.1, -0.05) is 17.7 Å². The first-order chi connectivity index (χ1) is 8.49. The molecule has 0 saturated carbocycles. The van der Waals surface area contributed by atoms with Crippen molar-refractivity contribution in [3.05, 3.63) is 34.6 Å². The fraction of sp³-hybridized carbons (Fsp3) is 0.417. The second-order valence-corrected chi connectivity index (χ2v) is 4.63. The number of carbonyl (C=O) groups is 1. The van der Waals surface area contributed by atoms with E-state index >= 15 is 0 Å². The molecule has 1 heterocycles. The predicted molar refractivity (Wildman–Crippen MR) is 64.1 cm³/mol. The van der Waals surface area contributed by atoms with Gasteiger partial charge in [-0.2, -0.15) is 0 Å².